The van der Waals surface area contributed by atoms with Gasteiger partial charge in [-0.15, -0.1) is 0 Å². The van der Waals surface area contributed by atoms with Gasteiger partial charge >= 0.3 is 6.18 Å². The molecule has 1 atom stereocenters. The number of hydrogen-bond donors (Lipinski definition) is 2. The Morgan fingerprint density at radius 1 is 1.17 bits per heavy atom. The maximum atomic E-state index is 12.1. The maximum absolute atomic E-state index is 12.1. The van der Waals surface area contributed by atoms with Crippen molar-refractivity contribution in [2.75, 3.05) is 27.2 Å². The Balaban J connectivity index is 2.33. The molecular formula is C16H24F3N3O. The lowest BCUT2D eigenvalue weighted by molar-refractivity contribution is -0.132. The lowest BCUT2D eigenvalue weighted by atomic mass is 9.98. The molecule has 0 fully saturated rings. The van der Waals surface area contributed by atoms with Crippen LogP contribution in [0.1, 0.15) is 31.2 Å². The van der Waals surface area contributed by atoms with Crippen molar-refractivity contribution in [1.29, 1.82) is 0 Å². The van der Waals surface area contributed by atoms with Gasteiger partial charge in [-0.05, 0) is 30.0 Å². The lowest BCUT2D eigenvalue weighted by Crippen LogP contribution is -2.39. The fraction of sp³-hybridized carbons (Fsp3) is 0.562. The first-order valence-corrected chi connectivity index (χ1v) is 7.51. The number of guanidine groups is 1. The Kier molecular flexibility index (Phi) is 7.71. The molecule has 0 spiro atoms. The van der Waals surface area contributed by atoms with Crippen molar-refractivity contribution in [2.45, 2.75) is 31.9 Å². The van der Waals surface area contributed by atoms with Crippen LogP contribution >= 0.6 is 0 Å². The Morgan fingerprint density at radius 2 is 1.78 bits per heavy atom. The summed E-state index contributed by atoms with van der Waals surface area (Å²) < 4.78 is 41.4. The minimum Gasteiger partial charge on any atom is -0.497 e. The van der Waals surface area contributed by atoms with Crippen LogP contribution in [0, 0.1) is 0 Å². The molecule has 2 N–H and O–H groups in total. The van der Waals surface area contributed by atoms with Gasteiger partial charge in [0.05, 0.1) is 13.5 Å². The van der Waals surface area contributed by atoms with E-state index in [1.54, 1.807) is 7.11 Å². The van der Waals surface area contributed by atoms with E-state index in [9.17, 15) is 13.2 Å². The van der Waals surface area contributed by atoms with Crippen molar-refractivity contribution in [3.8, 4) is 5.75 Å². The second kappa shape index (κ2) is 9.27. The number of alkyl halides is 3. The maximum Gasteiger partial charge on any atom is 0.390 e. The number of rotatable bonds is 7. The van der Waals surface area contributed by atoms with E-state index >= 15 is 0 Å². The van der Waals surface area contributed by atoms with E-state index in [2.05, 4.69) is 22.5 Å². The predicted octanol–water partition coefficient (Wildman–Crippen LogP) is 3.31. The number of ether oxygens (including phenoxy) is 1. The SMILES string of the molecule is CN=C(NCCC(C)c1ccc(OC)cc1)NCCC(F)(F)F. The molecule has 1 aromatic rings. The zero-order chi connectivity index (χ0) is 17.3. The number of halogens is 3. The number of nitrogens with one attached hydrogen (secondary N) is 2. The van der Waals surface area contributed by atoms with Crippen LogP contribution in [0.15, 0.2) is 29.3 Å². The van der Waals surface area contributed by atoms with Gasteiger partial charge in [0.25, 0.3) is 0 Å². The molecule has 0 heterocycles. The summed E-state index contributed by atoms with van der Waals surface area (Å²) in [6.45, 7) is 2.54. The summed E-state index contributed by atoms with van der Waals surface area (Å²) in [4.78, 5) is 3.91. The van der Waals surface area contributed by atoms with Crippen LogP contribution in [0.4, 0.5) is 13.2 Å². The first kappa shape index (κ1) is 19.1. The summed E-state index contributed by atoms with van der Waals surface area (Å²) in [5, 5.41) is 5.68. The minimum atomic E-state index is -4.16. The molecule has 1 unspecified atom stereocenters. The molecule has 0 bridgehead atoms. The zero-order valence-electron chi connectivity index (χ0n) is 13.7. The van der Waals surface area contributed by atoms with Crippen molar-refractivity contribution in [2.24, 2.45) is 4.99 Å². The largest absolute Gasteiger partial charge is 0.497 e. The third-order valence-corrected chi connectivity index (χ3v) is 3.48. The number of methoxy groups -OCH3 is 1. The van der Waals surface area contributed by atoms with Crippen LogP contribution in [0.25, 0.3) is 0 Å². The summed E-state index contributed by atoms with van der Waals surface area (Å²) in [7, 11) is 3.16. The average Bonchev–Trinajstić information content (AvgIpc) is 2.52. The number of hydrogen-bond acceptors (Lipinski definition) is 2. The van der Waals surface area contributed by atoms with Gasteiger partial charge in [0.2, 0.25) is 0 Å². The standard InChI is InChI=1S/C16H24F3N3O/c1-12(13-4-6-14(23-3)7-5-13)8-10-21-15(20-2)22-11-9-16(17,18)19/h4-7,12H,8-11H2,1-3H3,(H2,20,21,22). The van der Waals surface area contributed by atoms with E-state index in [4.69, 9.17) is 4.74 Å². The summed E-state index contributed by atoms with van der Waals surface area (Å²) in [5.74, 6) is 1.52. The second-order valence-electron chi connectivity index (χ2n) is 5.25. The molecule has 0 amide bonds. The normalized spacial score (nSPS) is 13.6. The van der Waals surface area contributed by atoms with Crippen LogP contribution < -0.4 is 15.4 Å². The number of nitrogens with zero attached hydrogens (tertiary/aromatic N) is 1. The molecule has 0 saturated carbocycles. The van der Waals surface area contributed by atoms with Gasteiger partial charge in [0, 0.05) is 20.1 Å². The van der Waals surface area contributed by atoms with Crippen molar-refractivity contribution >= 4 is 5.96 Å². The van der Waals surface area contributed by atoms with E-state index < -0.39 is 12.6 Å². The first-order chi connectivity index (χ1) is 10.9. The van der Waals surface area contributed by atoms with E-state index in [0.29, 0.717) is 18.4 Å². The van der Waals surface area contributed by atoms with Crippen molar-refractivity contribution in [1.82, 2.24) is 10.6 Å². The molecule has 0 aromatic heterocycles. The molecule has 1 rings (SSSR count). The van der Waals surface area contributed by atoms with E-state index in [1.165, 1.54) is 12.6 Å². The number of aliphatic imine (C=N–C) groups is 1. The Bertz CT molecular complexity index is 486. The topological polar surface area (TPSA) is 45.7 Å². The van der Waals surface area contributed by atoms with Crippen LogP contribution in [0.3, 0.4) is 0 Å². The van der Waals surface area contributed by atoms with E-state index in [0.717, 1.165) is 12.2 Å². The summed E-state index contributed by atoms with van der Waals surface area (Å²) >= 11 is 0. The van der Waals surface area contributed by atoms with Crippen LogP contribution in [-0.4, -0.2) is 39.4 Å². The molecular weight excluding hydrogens is 307 g/mol. The van der Waals surface area contributed by atoms with E-state index in [-0.39, 0.29) is 6.54 Å². The van der Waals surface area contributed by atoms with Crippen molar-refractivity contribution in [3.05, 3.63) is 29.8 Å². The predicted molar refractivity (Wildman–Crippen MR) is 86.1 cm³/mol. The quantitative estimate of drug-likeness (QED) is 0.595. The molecule has 1 aromatic carbocycles. The molecule has 0 radical (unpaired) electrons. The molecule has 0 aliphatic carbocycles. The van der Waals surface area contributed by atoms with Gasteiger partial charge in [0.15, 0.2) is 5.96 Å². The fourth-order valence-electron chi connectivity index (χ4n) is 2.05. The van der Waals surface area contributed by atoms with Gasteiger partial charge < -0.3 is 15.4 Å². The molecule has 7 heteroatoms. The lowest BCUT2D eigenvalue weighted by Gasteiger charge is -2.16. The summed E-state index contributed by atoms with van der Waals surface area (Å²) in [6.07, 6.45) is -4.20. The third kappa shape index (κ3) is 7.76. The molecule has 130 valence electrons. The molecule has 0 saturated heterocycles. The Morgan fingerprint density at radius 3 is 2.30 bits per heavy atom. The summed E-state index contributed by atoms with van der Waals surface area (Å²) in [6, 6.07) is 7.85. The van der Waals surface area contributed by atoms with Crippen molar-refractivity contribution in [3.63, 3.8) is 0 Å². The van der Waals surface area contributed by atoms with Gasteiger partial charge in [0.1, 0.15) is 5.75 Å². The smallest absolute Gasteiger partial charge is 0.390 e. The van der Waals surface area contributed by atoms with Crippen LogP contribution in [0.2, 0.25) is 0 Å². The average molecular weight is 331 g/mol. The molecule has 4 nitrogen and oxygen atoms in total. The van der Waals surface area contributed by atoms with Crippen molar-refractivity contribution < 1.29 is 17.9 Å². The van der Waals surface area contributed by atoms with Gasteiger partial charge in [-0.25, -0.2) is 0 Å². The van der Waals surface area contributed by atoms with Gasteiger partial charge in [-0.3, -0.25) is 4.99 Å². The molecule has 0 aliphatic heterocycles. The van der Waals surface area contributed by atoms with Crippen LogP contribution in [0.5, 0.6) is 5.75 Å². The molecule has 23 heavy (non-hydrogen) atoms. The monoisotopic (exact) mass is 331 g/mol. The first-order valence-electron chi connectivity index (χ1n) is 7.51. The minimum absolute atomic E-state index is 0.183. The second-order valence-corrected chi connectivity index (χ2v) is 5.25. The zero-order valence-corrected chi connectivity index (χ0v) is 13.7. The Labute approximate surface area is 135 Å². The van der Waals surface area contributed by atoms with E-state index in [1.807, 2.05) is 24.3 Å². The third-order valence-electron chi connectivity index (χ3n) is 3.48. The fourth-order valence-corrected chi connectivity index (χ4v) is 2.05. The number of benzene rings is 1. The summed E-state index contributed by atoms with van der Waals surface area (Å²) in [5.41, 5.74) is 1.19. The molecule has 0 aliphatic rings. The van der Waals surface area contributed by atoms with Crippen LogP contribution in [-0.2, 0) is 0 Å². The highest BCUT2D eigenvalue weighted by atomic mass is 19.4. The van der Waals surface area contributed by atoms with Gasteiger partial charge in [-0.2, -0.15) is 13.2 Å². The van der Waals surface area contributed by atoms with Gasteiger partial charge in [-0.1, -0.05) is 19.1 Å². The highest BCUT2D eigenvalue weighted by Gasteiger charge is 2.26. The Hall–Kier alpha value is -1.92. The highest BCUT2D eigenvalue weighted by molar-refractivity contribution is 5.79. The highest BCUT2D eigenvalue weighted by Crippen LogP contribution is 2.21.